The second-order valence-electron chi connectivity index (χ2n) is 4.72. The molecule has 1 unspecified atom stereocenters. The van der Waals surface area contributed by atoms with Crippen molar-refractivity contribution >= 4 is 5.97 Å². The molecule has 4 nitrogen and oxygen atoms in total. The van der Waals surface area contributed by atoms with E-state index in [4.69, 9.17) is 5.11 Å². The van der Waals surface area contributed by atoms with Gasteiger partial charge in [-0.1, -0.05) is 19.9 Å². The Bertz CT molecular complexity index is 391. The van der Waals surface area contributed by atoms with Crippen molar-refractivity contribution in [2.45, 2.75) is 33.4 Å². The van der Waals surface area contributed by atoms with E-state index in [1.165, 1.54) is 6.20 Å². The van der Waals surface area contributed by atoms with Gasteiger partial charge in [-0.2, -0.15) is 0 Å². The number of nitrogens with zero attached hydrogens (tertiary/aromatic N) is 2. The Balaban J connectivity index is 2.84. The maximum atomic E-state index is 11.0. The number of pyridine rings is 1. The zero-order valence-corrected chi connectivity index (χ0v) is 10.8. The molecule has 1 N–H and O–H groups in total. The van der Waals surface area contributed by atoms with Crippen molar-refractivity contribution in [3.05, 3.63) is 29.6 Å². The highest BCUT2D eigenvalue weighted by molar-refractivity contribution is 5.86. The van der Waals surface area contributed by atoms with Gasteiger partial charge in [-0.3, -0.25) is 4.90 Å². The minimum Gasteiger partial charge on any atom is -0.477 e. The van der Waals surface area contributed by atoms with Crippen LogP contribution in [0.25, 0.3) is 0 Å². The van der Waals surface area contributed by atoms with Gasteiger partial charge in [0.15, 0.2) is 5.69 Å². The van der Waals surface area contributed by atoms with Gasteiger partial charge in [0.25, 0.3) is 0 Å². The summed E-state index contributed by atoms with van der Waals surface area (Å²) in [5, 5.41) is 9.05. The summed E-state index contributed by atoms with van der Waals surface area (Å²) in [6, 6.07) is 3.99. The molecule has 0 radical (unpaired) electrons. The lowest BCUT2D eigenvalue weighted by atomic mass is 10.0. The predicted molar refractivity (Wildman–Crippen MR) is 67.0 cm³/mol. The Hall–Kier alpha value is -1.42. The molecule has 1 atom stereocenters. The van der Waals surface area contributed by atoms with Crippen LogP contribution < -0.4 is 0 Å². The van der Waals surface area contributed by atoms with Gasteiger partial charge in [0.1, 0.15) is 0 Å². The number of carboxylic acids is 1. The summed E-state index contributed by atoms with van der Waals surface area (Å²) in [6.07, 6.45) is 1.51. The molecule has 1 aromatic heterocycles. The first-order chi connectivity index (χ1) is 7.93. The fourth-order valence-corrected chi connectivity index (χ4v) is 1.68. The zero-order chi connectivity index (χ0) is 13.0. The van der Waals surface area contributed by atoms with Gasteiger partial charge in [0.05, 0.1) is 0 Å². The van der Waals surface area contributed by atoms with E-state index in [0.29, 0.717) is 18.5 Å². The molecule has 0 aliphatic carbocycles. The molecular formula is C13H20N2O2. The fourth-order valence-electron chi connectivity index (χ4n) is 1.68. The monoisotopic (exact) mass is 236 g/mol. The second-order valence-corrected chi connectivity index (χ2v) is 4.72. The van der Waals surface area contributed by atoms with E-state index < -0.39 is 5.97 Å². The van der Waals surface area contributed by atoms with E-state index in [0.717, 1.165) is 5.56 Å². The number of aromatic carboxylic acids is 1. The smallest absolute Gasteiger partial charge is 0.354 e. The Morgan fingerprint density at radius 3 is 2.65 bits per heavy atom. The largest absolute Gasteiger partial charge is 0.477 e. The molecule has 1 rings (SSSR count). The normalized spacial score (nSPS) is 13.1. The first-order valence-corrected chi connectivity index (χ1v) is 5.81. The van der Waals surface area contributed by atoms with E-state index in [1.54, 1.807) is 6.07 Å². The number of rotatable bonds is 5. The van der Waals surface area contributed by atoms with Crippen molar-refractivity contribution in [2.24, 2.45) is 5.92 Å². The molecule has 0 aromatic carbocycles. The number of carbonyl (C=O) groups is 1. The highest BCUT2D eigenvalue weighted by Crippen LogP contribution is 2.14. The summed E-state index contributed by atoms with van der Waals surface area (Å²) < 4.78 is 0. The maximum Gasteiger partial charge on any atom is 0.354 e. The summed E-state index contributed by atoms with van der Waals surface area (Å²) >= 11 is 0. The van der Waals surface area contributed by atoms with E-state index in [2.05, 4.69) is 30.7 Å². The molecule has 0 spiro atoms. The molecule has 0 saturated heterocycles. The maximum absolute atomic E-state index is 11.0. The minimum atomic E-state index is -0.966. The van der Waals surface area contributed by atoms with Crippen LogP contribution in [0.5, 0.6) is 0 Å². The van der Waals surface area contributed by atoms with Crippen LogP contribution in [-0.2, 0) is 6.54 Å². The third-order valence-corrected chi connectivity index (χ3v) is 3.17. The molecule has 0 aliphatic heterocycles. The summed E-state index contributed by atoms with van der Waals surface area (Å²) in [6.45, 7) is 7.06. The highest BCUT2D eigenvalue weighted by Gasteiger charge is 2.17. The van der Waals surface area contributed by atoms with Crippen LogP contribution in [-0.4, -0.2) is 34.0 Å². The summed E-state index contributed by atoms with van der Waals surface area (Å²) in [5.41, 5.74) is 0.908. The van der Waals surface area contributed by atoms with Gasteiger partial charge in [-0.05, 0) is 31.5 Å². The van der Waals surface area contributed by atoms with Gasteiger partial charge < -0.3 is 5.11 Å². The second kappa shape index (κ2) is 5.77. The number of carboxylic acid groups (broad SMARTS) is 1. The summed E-state index contributed by atoms with van der Waals surface area (Å²) in [5.74, 6) is -0.434. The molecule has 1 aromatic rings. The van der Waals surface area contributed by atoms with Gasteiger partial charge in [0.2, 0.25) is 0 Å². The van der Waals surface area contributed by atoms with Crippen LogP contribution in [0.15, 0.2) is 18.3 Å². The molecule has 4 heteroatoms. The SMILES string of the molecule is CC(C)C(C)N(C)Cc1cccnc1C(=O)O. The molecule has 0 bridgehead atoms. The Morgan fingerprint density at radius 2 is 2.12 bits per heavy atom. The van der Waals surface area contributed by atoms with E-state index >= 15 is 0 Å². The van der Waals surface area contributed by atoms with Gasteiger partial charge in [-0.25, -0.2) is 9.78 Å². The van der Waals surface area contributed by atoms with Crippen molar-refractivity contribution in [3.63, 3.8) is 0 Å². The van der Waals surface area contributed by atoms with Crippen LogP contribution in [0.4, 0.5) is 0 Å². The van der Waals surface area contributed by atoms with Crippen LogP contribution in [0.2, 0.25) is 0 Å². The zero-order valence-electron chi connectivity index (χ0n) is 10.8. The topological polar surface area (TPSA) is 53.4 Å². The molecular weight excluding hydrogens is 216 g/mol. The number of aromatic nitrogens is 1. The van der Waals surface area contributed by atoms with Crippen molar-refractivity contribution in [3.8, 4) is 0 Å². The number of hydrogen-bond acceptors (Lipinski definition) is 3. The van der Waals surface area contributed by atoms with E-state index in [1.807, 2.05) is 13.1 Å². The van der Waals surface area contributed by atoms with Crippen molar-refractivity contribution in [1.82, 2.24) is 9.88 Å². The Kier molecular flexibility index (Phi) is 4.63. The lowest BCUT2D eigenvalue weighted by molar-refractivity contribution is 0.0687. The van der Waals surface area contributed by atoms with Crippen molar-refractivity contribution < 1.29 is 9.90 Å². The molecule has 0 aliphatic rings. The van der Waals surface area contributed by atoms with Crippen molar-refractivity contribution in [1.29, 1.82) is 0 Å². The standard InChI is InChI=1S/C13H20N2O2/c1-9(2)10(3)15(4)8-11-6-5-7-14-12(11)13(16)17/h5-7,9-10H,8H2,1-4H3,(H,16,17). The number of hydrogen-bond donors (Lipinski definition) is 1. The van der Waals surface area contributed by atoms with Crippen molar-refractivity contribution in [2.75, 3.05) is 7.05 Å². The summed E-state index contributed by atoms with van der Waals surface area (Å²) in [7, 11) is 2.00. The van der Waals surface area contributed by atoms with Crippen LogP contribution in [0, 0.1) is 5.92 Å². The van der Waals surface area contributed by atoms with E-state index in [-0.39, 0.29) is 5.69 Å². The molecule has 0 fully saturated rings. The van der Waals surface area contributed by atoms with Crippen LogP contribution >= 0.6 is 0 Å². The predicted octanol–water partition coefficient (Wildman–Crippen LogP) is 2.26. The van der Waals surface area contributed by atoms with Gasteiger partial charge in [0, 0.05) is 18.8 Å². The molecule has 0 saturated carbocycles. The first-order valence-electron chi connectivity index (χ1n) is 5.81. The lowest BCUT2D eigenvalue weighted by Gasteiger charge is -2.28. The quantitative estimate of drug-likeness (QED) is 0.852. The Labute approximate surface area is 102 Å². The average Bonchev–Trinajstić information content (AvgIpc) is 2.28. The molecule has 17 heavy (non-hydrogen) atoms. The third kappa shape index (κ3) is 3.53. The first kappa shape index (κ1) is 13.6. The van der Waals surface area contributed by atoms with Crippen LogP contribution in [0.3, 0.4) is 0 Å². The molecule has 94 valence electrons. The van der Waals surface area contributed by atoms with Crippen LogP contribution in [0.1, 0.15) is 36.8 Å². The minimum absolute atomic E-state index is 0.148. The molecule has 0 amide bonds. The molecule has 1 heterocycles. The summed E-state index contributed by atoms with van der Waals surface area (Å²) in [4.78, 5) is 17.1. The highest BCUT2D eigenvalue weighted by atomic mass is 16.4. The lowest BCUT2D eigenvalue weighted by Crippen LogP contribution is -2.33. The van der Waals surface area contributed by atoms with Gasteiger partial charge in [-0.15, -0.1) is 0 Å². The van der Waals surface area contributed by atoms with Gasteiger partial charge >= 0.3 is 5.97 Å². The average molecular weight is 236 g/mol. The van der Waals surface area contributed by atoms with E-state index in [9.17, 15) is 4.79 Å². The fraction of sp³-hybridized carbons (Fsp3) is 0.538. The Morgan fingerprint density at radius 1 is 1.47 bits per heavy atom. The third-order valence-electron chi connectivity index (χ3n) is 3.17.